The van der Waals surface area contributed by atoms with Crippen molar-refractivity contribution in [1.82, 2.24) is 15.2 Å². The summed E-state index contributed by atoms with van der Waals surface area (Å²) in [5.74, 6) is 0.701. The molecule has 1 rings (SSSR count). The Labute approximate surface area is 57.0 Å². The van der Waals surface area contributed by atoms with E-state index in [0.29, 0.717) is 12.4 Å². The maximum absolute atomic E-state index is 4.35. The second-order valence-corrected chi connectivity index (χ2v) is 1.52. The van der Waals surface area contributed by atoms with Crippen molar-refractivity contribution >= 4 is 17.4 Å². The van der Waals surface area contributed by atoms with Gasteiger partial charge >= 0.3 is 0 Å². The third-order valence-electron chi connectivity index (χ3n) is 0.758. The average Bonchev–Trinajstić information content (AvgIpc) is 2.34. The zero-order chi connectivity index (χ0) is 6.53. The van der Waals surface area contributed by atoms with Crippen molar-refractivity contribution in [3.05, 3.63) is 12.2 Å². The third kappa shape index (κ3) is 1.71. The fourth-order valence-corrected chi connectivity index (χ4v) is 0.479. The quantitative estimate of drug-likeness (QED) is 0.478. The van der Waals surface area contributed by atoms with Gasteiger partial charge in [-0.1, -0.05) is 0 Å². The predicted molar refractivity (Wildman–Crippen MR) is 35.1 cm³/mol. The Balaban J connectivity index is 2.57. The highest BCUT2D eigenvalue weighted by Crippen LogP contribution is 1.85. The van der Waals surface area contributed by atoms with Crippen LogP contribution in [0.15, 0.2) is 11.3 Å². The SMILES string of the molecule is S=C=NCc1ncn[nH]1. The topological polar surface area (TPSA) is 53.9 Å². The first kappa shape index (κ1) is 6.07. The molecular formula is C4H4N4S. The lowest BCUT2D eigenvalue weighted by Crippen LogP contribution is -1.82. The lowest BCUT2D eigenvalue weighted by molar-refractivity contribution is 0.923. The molecule has 1 heterocycles. The zero-order valence-corrected chi connectivity index (χ0v) is 5.35. The number of H-pyrrole nitrogens is 1. The number of thiocarbonyl (C=S) groups is 1. The molecule has 0 aliphatic heterocycles. The van der Waals surface area contributed by atoms with Gasteiger partial charge in [-0.15, -0.1) is 0 Å². The molecule has 0 atom stereocenters. The first-order valence-electron chi connectivity index (χ1n) is 2.31. The van der Waals surface area contributed by atoms with Gasteiger partial charge in [0, 0.05) is 0 Å². The second kappa shape index (κ2) is 3.06. The van der Waals surface area contributed by atoms with Crippen molar-refractivity contribution in [2.24, 2.45) is 4.99 Å². The van der Waals surface area contributed by atoms with Gasteiger partial charge in [-0.25, -0.2) is 9.98 Å². The van der Waals surface area contributed by atoms with E-state index in [4.69, 9.17) is 0 Å². The Morgan fingerprint density at radius 3 is 3.33 bits per heavy atom. The van der Waals surface area contributed by atoms with E-state index in [1.807, 2.05) is 0 Å². The van der Waals surface area contributed by atoms with Crippen LogP contribution in [0.25, 0.3) is 0 Å². The summed E-state index contributed by atoms with van der Waals surface area (Å²) in [5.41, 5.74) is 0. The van der Waals surface area contributed by atoms with Crippen LogP contribution in [0, 0.1) is 0 Å². The number of hydrogen-bond donors (Lipinski definition) is 1. The van der Waals surface area contributed by atoms with E-state index in [9.17, 15) is 0 Å². The fraction of sp³-hybridized carbons (Fsp3) is 0.250. The van der Waals surface area contributed by atoms with Gasteiger partial charge in [0.1, 0.15) is 18.7 Å². The molecule has 1 N–H and O–H groups in total. The number of aromatic nitrogens is 3. The van der Waals surface area contributed by atoms with Gasteiger partial charge in [-0.05, 0) is 12.2 Å². The highest BCUT2D eigenvalue weighted by molar-refractivity contribution is 7.78. The second-order valence-electron chi connectivity index (χ2n) is 1.34. The van der Waals surface area contributed by atoms with Crippen LogP contribution in [0.2, 0.25) is 0 Å². The van der Waals surface area contributed by atoms with Crippen molar-refractivity contribution in [2.75, 3.05) is 0 Å². The van der Waals surface area contributed by atoms with E-state index in [1.54, 1.807) is 0 Å². The molecule has 0 radical (unpaired) electrons. The monoisotopic (exact) mass is 140 g/mol. The summed E-state index contributed by atoms with van der Waals surface area (Å²) < 4.78 is 0. The average molecular weight is 140 g/mol. The molecule has 0 saturated heterocycles. The van der Waals surface area contributed by atoms with E-state index in [1.165, 1.54) is 6.33 Å². The smallest absolute Gasteiger partial charge is 0.146 e. The Bertz CT molecular complexity index is 210. The third-order valence-corrected chi connectivity index (χ3v) is 0.887. The normalized spacial score (nSPS) is 8.44. The molecule has 4 nitrogen and oxygen atoms in total. The number of hydrogen-bond acceptors (Lipinski definition) is 4. The standard InChI is InChI=1S/C4H4N4S/c9-3-5-1-4-6-2-7-8-4/h2H,1H2,(H,6,7,8). The van der Waals surface area contributed by atoms with Crippen molar-refractivity contribution in [1.29, 1.82) is 0 Å². The molecule has 0 aromatic carbocycles. The molecule has 0 saturated carbocycles. The summed E-state index contributed by atoms with van der Waals surface area (Å²) >= 11 is 4.35. The predicted octanol–water partition coefficient (Wildman–Crippen LogP) is 0.407. The van der Waals surface area contributed by atoms with E-state index < -0.39 is 0 Å². The minimum Gasteiger partial charge on any atom is -0.262 e. The Kier molecular flexibility index (Phi) is 2.06. The van der Waals surface area contributed by atoms with Gasteiger partial charge in [0.2, 0.25) is 0 Å². The molecule has 9 heavy (non-hydrogen) atoms. The van der Waals surface area contributed by atoms with Crippen LogP contribution in [0.4, 0.5) is 0 Å². The largest absolute Gasteiger partial charge is 0.262 e. The number of nitrogens with one attached hydrogen (secondary N) is 1. The van der Waals surface area contributed by atoms with Gasteiger partial charge < -0.3 is 0 Å². The molecule has 0 bridgehead atoms. The van der Waals surface area contributed by atoms with Crippen molar-refractivity contribution < 1.29 is 0 Å². The molecule has 1 aromatic rings. The maximum atomic E-state index is 4.35. The molecule has 0 unspecified atom stereocenters. The number of rotatable bonds is 2. The summed E-state index contributed by atoms with van der Waals surface area (Å²) in [6, 6.07) is 0. The number of aliphatic imine (C=N–C) groups is 1. The van der Waals surface area contributed by atoms with Gasteiger partial charge in [0.05, 0.1) is 5.16 Å². The molecule has 0 amide bonds. The summed E-state index contributed by atoms with van der Waals surface area (Å²) in [7, 11) is 0. The first-order chi connectivity index (χ1) is 4.43. The molecule has 0 spiro atoms. The Morgan fingerprint density at radius 2 is 2.78 bits per heavy atom. The van der Waals surface area contributed by atoms with Crippen molar-refractivity contribution in [2.45, 2.75) is 6.54 Å². The van der Waals surface area contributed by atoms with Crippen molar-refractivity contribution in [3.63, 3.8) is 0 Å². The highest BCUT2D eigenvalue weighted by Gasteiger charge is 1.88. The van der Waals surface area contributed by atoms with E-state index >= 15 is 0 Å². The molecule has 5 heteroatoms. The van der Waals surface area contributed by atoms with Crippen LogP contribution in [0.5, 0.6) is 0 Å². The van der Waals surface area contributed by atoms with Gasteiger partial charge in [-0.3, -0.25) is 5.10 Å². The Morgan fingerprint density at radius 1 is 1.89 bits per heavy atom. The Hall–Kier alpha value is -1.06. The molecule has 46 valence electrons. The van der Waals surface area contributed by atoms with E-state index in [-0.39, 0.29) is 0 Å². The number of nitrogens with zero attached hydrogens (tertiary/aromatic N) is 3. The minimum absolute atomic E-state index is 0.434. The molecule has 0 aliphatic rings. The van der Waals surface area contributed by atoms with Gasteiger partial charge in [0.25, 0.3) is 0 Å². The number of isothiocyanates is 1. The zero-order valence-electron chi connectivity index (χ0n) is 4.53. The lowest BCUT2D eigenvalue weighted by Gasteiger charge is -1.79. The van der Waals surface area contributed by atoms with Crippen molar-refractivity contribution in [3.8, 4) is 0 Å². The van der Waals surface area contributed by atoms with Crippen LogP contribution < -0.4 is 0 Å². The fourth-order valence-electron chi connectivity index (χ4n) is 0.414. The van der Waals surface area contributed by atoms with E-state index in [2.05, 4.69) is 37.6 Å². The molecular weight excluding hydrogens is 136 g/mol. The summed E-state index contributed by atoms with van der Waals surface area (Å²) in [6.45, 7) is 0.434. The highest BCUT2D eigenvalue weighted by atomic mass is 32.1. The van der Waals surface area contributed by atoms with Gasteiger partial charge in [0.15, 0.2) is 0 Å². The van der Waals surface area contributed by atoms with Crippen LogP contribution >= 0.6 is 12.2 Å². The first-order valence-corrected chi connectivity index (χ1v) is 2.72. The minimum atomic E-state index is 0.434. The summed E-state index contributed by atoms with van der Waals surface area (Å²) in [6.07, 6.45) is 1.42. The van der Waals surface area contributed by atoms with Crippen LogP contribution in [-0.4, -0.2) is 20.3 Å². The van der Waals surface area contributed by atoms with Crippen LogP contribution in [0.1, 0.15) is 5.82 Å². The lowest BCUT2D eigenvalue weighted by atomic mass is 10.6. The van der Waals surface area contributed by atoms with Crippen LogP contribution in [-0.2, 0) is 6.54 Å². The summed E-state index contributed by atoms with van der Waals surface area (Å²) in [5, 5.41) is 8.47. The maximum Gasteiger partial charge on any atom is 0.146 e. The molecule has 0 aliphatic carbocycles. The summed E-state index contributed by atoms with van der Waals surface area (Å²) in [4.78, 5) is 7.45. The molecule has 0 fully saturated rings. The van der Waals surface area contributed by atoms with Crippen LogP contribution in [0.3, 0.4) is 0 Å². The van der Waals surface area contributed by atoms with Gasteiger partial charge in [-0.2, -0.15) is 5.10 Å². The molecule has 1 aromatic heterocycles. The van der Waals surface area contributed by atoms with E-state index in [0.717, 1.165) is 0 Å². The number of aromatic amines is 1.